The van der Waals surface area contributed by atoms with Crippen molar-refractivity contribution in [2.45, 2.75) is 20.3 Å². The molecule has 0 amide bonds. The molecule has 5 rings (SSSR count). The molecule has 5 aromatic rings. The lowest BCUT2D eigenvalue weighted by Gasteiger charge is -2.15. The van der Waals surface area contributed by atoms with Crippen molar-refractivity contribution in [3.8, 4) is 17.1 Å². The number of methoxy groups -OCH3 is 1. The molecule has 1 N–H and O–H groups in total. The number of fused-ring (bicyclic) bond motifs is 1. The molecule has 0 saturated heterocycles. The van der Waals surface area contributed by atoms with Crippen molar-refractivity contribution in [2.75, 3.05) is 12.4 Å². The second-order valence-corrected chi connectivity index (χ2v) is 8.39. The second kappa shape index (κ2) is 9.43. The second-order valence-electron chi connectivity index (χ2n) is 8.39. The standard InChI is InChI=1S/C29H25N3O3/c1-18-24(15-20-7-5-4-6-8-20)29(31-19(2)30-18)32-22-11-9-21(10-12-22)28-17-26(33)25-16-23(34-3)13-14-27(25)35-28/h4-14,16-17H,15H2,1-3H3,(H,30,31,32). The molecule has 0 spiro atoms. The number of anilines is 2. The van der Waals surface area contributed by atoms with Crippen molar-refractivity contribution in [1.29, 1.82) is 0 Å². The highest BCUT2D eigenvalue weighted by atomic mass is 16.5. The Balaban J connectivity index is 1.44. The largest absolute Gasteiger partial charge is 0.497 e. The van der Waals surface area contributed by atoms with Crippen LogP contribution >= 0.6 is 0 Å². The summed E-state index contributed by atoms with van der Waals surface area (Å²) in [5, 5.41) is 3.94. The van der Waals surface area contributed by atoms with Crippen LogP contribution in [0.5, 0.6) is 5.75 Å². The Bertz CT molecular complexity index is 1560. The molecule has 2 aromatic heterocycles. The van der Waals surface area contributed by atoms with Gasteiger partial charge in [-0.2, -0.15) is 0 Å². The van der Waals surface area contributed by atoms with Crippen LogP contribution in [0.15, 0.2) is 88.1 Å². The first kappa shape index (κ1) is 22.3. The Kier molecular flexibility index (Phi) is 6.02. The molecule has 0 bridgehead atoms. The third-order valence-corrected chi connectivity index (χ3v) is 5.92. The molecule has 174 valence electrons. The number of rotatable bonds is 6. The van der Waals surface area contributed by atoms with Gasteiger partial charge in [0.15, 0.2) is 5.43 Å². The van der Waals surface area contributed by atoms with Gasteiger partial charge in [0.2, 0.25) is 0 Å². The topological polar surface area (TPSA) is 77.2 Å². The van der Waals surface area contributed by atoms with Crippen LogP contribution in [0.2, 0.25) is 0 Å². The van der Waals surface area contributed by atoms with Gasteiger partial charge in [-0.1, -0.05) is 30.3 Å². The lowest BCUT2D eigenvalue weighted by molar-refractivity contribution is 0.415. The van der Waals surface area contributed by atoms with E-state index in [0.717, 1.165) is 34.7 Å². The van der Waals surface area contributed by atoms with Gasteiger partial charge in [0.1, 0.15) is 28.7 Å². The fourth-order valence-corrected chi connectivity index (χ4v) is 4.11. The lowest BCUT2D eigenvalue weighted by Crippen LogP contribution is -2.06. The number of aryl methyl sites for hydroxylation is 2. The first-order valence-electron chi connectivity index (χ1n) is 11.4. The smallest absolute Gasteiger partial charge is 0.193 e. The minimum atomic E-state index is -0.111. The minimum absolute atomic E-state index is 0.111. The number of benzene rings is 3. The van der Waals surface area contributed by atoms with Gasteiger partial charge in [0.05, 0.1) is 12.5 Å². The summed E-state index contributed by atoms with van der Waals surface area (Å²) < 4.78 is 11.2. The maximum atomic E-state index is 12.7. The van der Waals surface area contributed by atoms with Crippen molar-refractivity contribution < 1.29 is 9.15 Å². The monoisotopic (exact) mass is 463 g/mol. The number of nitrogens with zero attached hydrogens (tertiary/aromatic N) is 2. The highest BCUT2D eigenvalue weighted by molar-refractivity contribution is 5.80. The van der Waals surface area contributed by atoms with Crippen LogP contribution < -0.4 is 15.5 Å². The van der Waals surface area contributed by atoms with Gasteiger partial charge in [0.25, 0.3) is 0 Å². The van der Waals surface area contributed by atoms with E-state index in [4.69, 9.17) is 9.15 Å². The van der Waals surface area contributed by atoms with E-state index in [-0.39, 0.29) is 5.43 Å². The van der Waals surface area contributed by atoms with E-state index in [0.29, 0.717) is 28.3 Å². The van der Waals surface area contributed by atoms with Crippen LogP contribution in [0.3, 0.4) is 0 Å². The summed E-state index contributed by atoms with van der Waals surface area (Å²) in [6.07, 6.45) is 0.737. The maximum Gasteiger partial charge on any atom is 0.193 e. The Morgan fingerprint density at radius 1 is 0.914 bits per heavy atom. The fourth-order valence-electron chi connectivity index (χ4n) is 4.11. The Morgan fingerprint density at radius 3 is 2.43 bits per heavy atom. The van der Waals surface area contributed by atoms with E-state index in [1.165, 1.54) is 11.6 Å². The normalized spacial score (nSPS) is 10.9. The molecular formula is C29H25N3O3. The quantitative estimate of drug-likeness (QED) is 0.323. The molecular weight excluding hydrogens is 438 g/mol. The first-order valence-corrected chi connectivity index (χ1v) is 11.4. The number of nitrogens with one attached hydrogen (secondary N) is 1. The molecule has 0 aliphatic rings. The molecule has 6 heteroatoms. The Hall–Kier alpha value is -4.45. The summed E-state index contributed by atoms with van der Waals surface area (Å²) in [6.45, 7) is 3.91. The van der Waals surface area contributed by atoms with Crippen molar-refractivity contribution in [3.63, 3.8) is 0 Å². The first-order chi connectivity index (χ1) is 17.0. The van der Waals surface area contributed by atoms with E-state index < -0.39 is 0 Å². The summed E-state index contributed by atoms with van der Waals surface area (Å²) in [7, 11) is 1.57. The molecule has 0 radical (unpaired) electrons. The average molecular weight is 464 g/mol. The van der Waals surface area contributed by atoms with Crippen molar-refractivity contribution >= 4 is 22.5 Å². The molecule has 0 atom stereocenters. The molecule has 0 aliphatic heterocycles. The average Bonchev–Trinajstić information content (AvgIpc) is 2.87. The van der Waals surface area contributed by atoms with E-state index >= 15 is 0 Å². The third kappa shape index (κ3) is 4.77. The van der Waals surface area contributed by atoms with Crippen LogP contribution in [0, 0.1) is 13.8 Å². The lowest BCUT2D eigenvalue weighted by atomic mass is 10.0. The molecule has 0 aliphatic carbocycles. The zero-order valence-corrected chi connectivity index (χ0v) is 19.8. The Labute approximate surface area is 203 Å². The summed E-state index contributed by atoms with van der Waals surface area (Å²) in [5.74, 6) is 2.64. The van der Waals surface area contributed by atoms with Gasteiger partial charge in [-0.3, -0.25) is 4.79 Å². The summed E-state index contributed by atoms with van der Waals surface area (Å²) >= 11 is 0. The van der Waals surface area contributed by atoms with E-state index in [1.807, 2.05) is 56.3 Å². The maximum absolute atomic E-state index is 12.7. The molecule has 2 heterocycles. The highest BCUT2D eigenvalue weighted by Gasteiger charge is 2.13. The molecule has 6 nitrogen and oxygen atoms in total. The highest BCUT2D eigenvalue weighted by Crippen LogP contribution is 2.28. The number of hydrogen-bond donors (Lipinski definition) is 1. The summed E-state index contributed by atoms with van der Waals surface area (Å²) in [5.41, 5.74) is 5.31. The minimum Gasteiger partial charge on any atom is -0.497 e. The zero-order valence-electron chi connectivity index (χ0n) is 19.8. The SMILES string of the molecule is COc1ccc2oc(-c3ccc(Nc4nc(C)nc(C)c4Cc4ccccc4)cc3)cc(=O)c2c1. The summed E-state index contributed by atoms with van der Waals surface area (Å²) in [6, 6.07) is 24.8. The van der Waals surface area contributed by atoms with Crippen LogP contribution in [0.25, 0.3) is 22.3 Å². The van der Waals surface area contributed by atoms with Gasteiger partial charge in [-0.05, 0) is 61.9 Å². The Morgan fingerprint density at radius 2 is 1.69 bits per heavy atom. The van der Waals surface area contributed by atoms with Crippen molar-refractivity contribution in [1.82, 2.24) is 9.97 Å². The van der Waals surface area contributed by atoms with Crippen LogP contribution in [-0.2, 0) is 6.42 Å². The van der Waals surface area contributed by atoms with Gasteiger partial charge < -0.3 is 14.5 Å². The molecule has 35 heavy (non-hydrogen) atoms. The number of aromatic nitrogens is 2. The molecule has 0 unspecified atom stereocenters. The summed E-state index contributed by atoms with van der Waals surface area (Å²) in [4.78, 5) is 21.9. The van der Waals surface area contributed by atoms with E-state index in [1.54, 1.807) is 25.3 Å². The van der Waals surface area contributed by atoms with Crippen LogP contribution in [-0.4, -0.2) is 17.1 Å². The van der Waals surface area contributed by atoms with Crippen LogP contribution in [0.4, 0.5) is 11.5 Å². The number of hydrogen-bond acceptors (Lipinski definition) is 6. The third-order valence-electron chi connectivity index (χ3n) is 5.92. The van der Waals surface area contributed by atoms with Gasteiger partial charge in [0, 0.05) is 35.0 Å². The van der Waals surface area contributed by atoms with Crippen LogP contribution in [0.1, 0.15) is 22.6 Å². The zero-order chi connectivity index (χ0) is 24.4. The van der Waals surface area contributed by atoms with Gasteiger partial charge >= 0.3 is 0 Å². The number of ether oxygens (including phenoxy) is 1. The van der Waals surface area contributed by atoms with Crippen molar-refractivity contribution in [3.05, 3.63) is 112 Å². The molecule has 0 saturated carbocycles. The van der Waals surface area contributed by atoms with E-state index in [9.17, 15) is 4.79 Å². The molecule has 0 fully saturated rings. The van der Waals surface area contributed by atoms with Gasteiger partial charge in [-0.25, -0.2) is 9.97 Å². The predicted octanol–water partition coefficient (Wildman–Crippen LogP) is 6.21. The van der Waals surface area contributed by atoms with Gasteiger partial charge in [-0.15, -0.1) is 0 Å². The van der Waals surface area contributed by atoms with E-state index in [2.05, 4.69) is 27.4 Å². The fraction of sp³-hybridized carbons (Fsp3) is 0.138. The van der Waals surface area contributed by atoms with Crippen molar-refractivity contribution in [2.24, 2.45) is 0 Å². The predicted molar refractivity (Wildman–Crippen MR) is 139 cm³/mol. The molecule has 3 aromatic carbocycles.